The average molecular weight is 373 g/mol. The summed E-state index contributed by atoms with van der Waals surface area (Å²) < 4.78 is 0. The maximum Gasteiger partial charge on any atom is 0.274 e. The number of nitrogens with zero attached hydrogens (tertiary/aromatic N) is 3. The summed E-state index contributed by atoms with van der Waals surface area (Å²) in [4.78, 5) is 32.1. The van der Waals surface area contributed by atoms with Gasteiger partial charge in [-0.3, -0.25) is 9.59 Å². The van der Waals surface area contributed by atoms with Gasteiger partial charge in [0.1, 0.15) is 5.69 Å². The van der Waals surface area contributed by atoms with Crippen molar-refractivity contribution in [3.05, 3.63) is 52.8 Å². The summed E-state index contributed by atoms with van der Waals surface area (Å²) in [6.07, 6.45) is 1.70. The lowest BCUT2D eigenvalue weighted by Crippen LogP contribution is -2.48. The number of rotatable bonds is 3. The van der Waals surface area contributed by atoms with E-state index in [4.69, 9.17) is 11.6 Å². The minimum absolute atomic E-state index is 0.103. The van der Waals surface area contributed by atoms with E-state index in [0.717, 1.165) is 24.3 Å². The van der Waals surface area contributed by atoms with Crippen LogP contribution in [0.4, 0.5) is 11.4 Å². The lowest BCUT2D eigenvalue weighted by Gasteiger charge is -2.35. The first-order valence-corrected chi connectivity index (χ1v) is 8.86. The molecule has 7 heteroatoms. The second-order valence-electron chi connectivity index (χ2n) is 6.31. The SMILES string of the molecule is CC(=O)N1CCN(c2ccc(C(=O)Nc3cc(Cl)ccc3C)nc2)CC1. The summed E-state index contributed by atoms with van der Waals surface area (Å²) >= 11 is 5.99. The van der Waals surface area contributed by atoms with Gasteiger partial charge in [-0.2, -0.15) is 0 Å². The number of pyridine rings is 1. The van der Waals surface area contributed by atoms with Crippen LogP contribution in [0.15, 0.2) is 36.5 Å². The van der Waals surface area contributed by atoms with Crippen molar-refractivity contribution in [3.63, 3.8) is 0 Å². The summed E-state index contributed by atoms with van der Waals surface area (Å²) in [6, 6.07) is 8.95. The van der Waals surface area contributed by atoms with E-state index in [1.165, 1.54) is 0 Å². The summed E-state index contributed by atoms with van der Waals surface area (Å²) in [6.45, 7) is 6.41. The number of hydrogen-bond donors (Lipinski definition) is 1. The lowest BCUT2D eigenvalue weighted by molar-refractivity contribution is -0.129. The van der Waals surface area contributed by atoms with Crippen molar-refractivity contribution in [1.29, 1.82) is 0 Å². The van der Waals surface area contributed by atoms with Crippen LogP contribution >= 0.6 is 11.6 Å². The molecule has 2 amide bonds. The van der Waals surface area contributed by atoms with Crippen molar-refractivity contribution in [2.45, 2.75) is 13.8 Å². The molecule has 1 aromatic carbocycles. The Kier molecular flexibility index (Phi) is 5.42. The molecule has 0 saturated carbocycles. The van der Waals surface area contributed by atoms with E-state index in [1.54, 1.807) is 31.3 Å². The molecular weight excluding hydrogens is 352 g/mol. The molecule has 3 rings (SSSR count). The fourth-order valence-electron chi connectivity index (χ4n) is 2.90. The summed E-state index contributed by atoms with van der Waals surface area (Å²) in [7, 11) is 0. The lowest BCUT2D eigenvalue weighted by atomic mass is 10.2. The van der Waals surface area contributed by atoms with Gasteiger partial charge in [-0.1, -0.05) is 17.7 Å². The largest absolute Gasteiger partial charge is 0.367 e. The van der Waals surface area contributed by atoms with Gasteiger partial charge < -0.3 is 15.1 Å². The van der Waals surface area contributed by atoms with Crippen molar-refractivity contribution in [3.8, 4) is 0 Å². The maximum absolute atomic E-state index is 12.4. The number of nitrogens with one attached hydrogen (secondary N) is 1. The molecule has 1 fully saturated rings. The highest BCUT2D eigenvalue weighted by molar-refractivity contribution is 6.31. The fourth-order valence-corrected chi connectivity index (χ4v) is 3.07. The summed E-state index contributed by atoms with van der Waals surface area (Å²) in [5, 5.41) is 3.41. The molecular formula is C19H21ClN4O2. The van der Waals surface area contributed by atoms with Crippen LogP contribution in [-0.4, -0.2) is 47.9 Å². The number of hydrogen-bond acceptors (Lipinski definition) is 4. The topological polar surface area (TPSA) is 65.5 Å². The van der Waals surface area contributed by atoms with Gasteiger partial charge >= 0.3 is 0 Å². The zero-order valence-electron chi connectivity index (χ0n) is 14.8. The second-order valence-corrected chi connectivity index (χ2v) is 6.74. The third-order valence-electron chi connectivity index (χ3n) is 4.52. The summed E-state index contributed by atoms with van der Waals surface area (Å²) in [5.74, 6) is -0.172. The molecule has 6 nitrogen and oxygen atoms in total. The Labute approximate surface area is 157 Å². The number of carbonyl (C=O) groups excluding carboxylic acids is 2. The Bertz CT molecular complexity index is 815. The van der Waals surface area contributed by atoms with Gasteiger partial charge in [-0.05, 0) is 36.8 Å². The molecule has 0 bridgehead atoms. The van der Waals surface area contributed by atoms with Gasteiger partial charge in [0.25, 0.3) is 5.91 Å². The monoisotopic (exact) mass is 372 g/mol. The molecule has 2 heterocycles. The third kappa shape index (κ3) is 4.14. The molecule has 136 valence electrons. The Morgan fingerprint density at radius 3 is 2.46 bits per heavy atom. The smallest absolute Gasteiger partial charge is 0.274 e. The highest BCUT2D eigenvalue weighted by atomic mass is 35.5. The zero-order valence-corrected chi connectivity index (χ0v) is 15.6. The molecule has 0 unspecified atom stereocenters. The molecule has 1 aromatic heterocycles. The number of aryl methyl sites for hydroxylation is 1. The van der Waals surface area contributed by atoms with E-state index in [-0.39, 0.29) is 11.8 Å². The number of anilines is 2. The number of carbonyl (C=O) groups is 2. The normalized spacial score (nSPS) is 14.3. The van der Waals surface area contributed by atoms with Crippen LogP contribution in [0.3, 0.4) is 0 Å². The van der Waals surface area contributed by atoms with Crippen molar-refractivity contribution < 1.29 is 9.59 Å². The second kappa shape index (κ2) is 7.74. The first-order valence-electron chi connectivity index (χ1n) is 8.48. The molecule has 0 radical (unpaired) electrons. The van der Waals surface area contributed by atoms with Crippen LogP contribution in [0, 0.1) is 6.92 Å². The number of halogens is 1. The van der Waals surface area contributed by atoms with Crippen LogP contribution in [-0.2, 0) is 4.79 Å². The molecule has 2 aromatic rings. The Balaban J connectivity index is 1.65. The van der Waals surface area contributed by atoms with Gasteiger partial charge in [0.2, 0.25) is 5.91 Å². The van der Waals surface area contributed by atoms with E-state index in [2.05, 4.69) is 15.2 Å². The van der Waals surface area contributed by atoms with E-state index in [9.17, 15) is 9.59 Å². The van der Waals surface area contributed by atoms with Gasteiger partial charge in [0.05, 0.1) is 11.9 Å². The van der Waals surface area contributed by atoms with Crippen LogP contribution in [0.2, 0.25) is 5.02 Å². The molecule has 1 N–H and O–H groups in total. The van der Waals surface area contributed by atoms with Crippen LogP contribution < -0.4 is 10.2 Å². The number of aromatic nitrogens is 1. The number of amides is 2. The van der Waals surface area contributed by atoms with Crippen LogP contribution in [0.5, 0.6) is 0 Å². The Hall–Kier alpha value is -2.60. The predicted molar refractivity (Wildman–Crippen MR) is 103 cm³/mol. The molecule has 0 spiro atoms. The van der Waals surface area contributed by atoms with Crippen molar-refractivity contribution in [2.75, 3.05) is 36.4 Å². The van der Waals surface area contributed by atoms with Crippen LogP contribution in [0.1, 0.15) is 23.0 Å². The van der Waals surface area contributed by atoms with E-state index >= 15 is 0 Å². The number of benzene rings is 1. The Morgan fingerprint density at radius 1 is 1.12 bits per heavy atom. The van der Waals surface area contributed by atoms with Crippen molar-refractivity contribution in [2.24, 2.45) is 0 Å². The first kappa shape index (κ1) is 18.2. The van der Waals surface area contributed by atoms with Gasteiger partial charge in [-0.25, -0.2) is 4.98 Å². The minimum atomic E-state index is -0.275. The third-order valence-corrected chi connectivity index (χ3v) is 4.75. The van der Waals surface area contributed by atoms with Gasteiger partial charge in [0.15, 0.2) is 0 Å². The molecule has 1 aliphatic heterocycles. The minimum Gasteiger partial charge on any atom is -0.367 e. The molecule has 0 aliphatic carbocycles. The van der Waals surface area contributed by atoms with Crippen molar-refractivity contribution >= 4 is 34.8 Å². The quantitative estimate of drug-likeness (QED) is 0.899. The maximum atomic E-state index is 12.4. The van der Waals surface area contributed by atoms with Gasteiger partial charge in [0, 0.05) is 43.8 Å². The molecule has 1 saturated heterocycles. The van der Waals surface area contributed by atoms with E-state index < -0.39 is 0 Å². The molecule has 26 heavy (non-hydrogen) atoms. The molecule has 0 atom stereocenters. The van der Waals surface area contributed by atoms with Crippen molar-refractivity contribution in [1.82, 2.24) is 9.88 Å². The highest BCUT2D eigenvalue weighted by Crippen LogP contribution is 2.21. The van der Waals surface area contributed by atoms with E-state index in [0.29, 0.717) is 29.5 Å². The first-order chi connectivity index (χ1) is 12.4. The van der Waals surface area contributed by atoms with Crippen LogP contribution in [0.25, 0.3) is 0 Å². The average Bonchev–Trinajstić information content (AvgIpc) is 2.65. The van der Waals surface area contributed by atoms with Gasteiger partial charge in [-0.15, -0.1) is 0 Å². The summed E-state index contributed by atoms with van der Waals surface area (Å²) in [5.41, 5.74) is 2.90. The standard InChI is InChI=1S/C19H21ClN4O2/c1-13-3-4-15(20)11-18(13)22-19(26)17-6-5-16(12-21-17)24-9-7-23(8-10-24)14(2)25/h3-6,11-12H,7-10H2,1-2H3,(H,22,26). The van der Waals surface area contributed by atoms with E-state index in [1.807, 2.05) is 24.0 Å². The fraction of sp³-hybridized carbons (Fsp3) is 0.316. The zero-order chi connectivity index (χ0) is 18.7. The molecule has 1 aliphatic rings. The Morgan fingerprint density at radius 2 is 1.85 bits per heavy atom. The number of piperazine rings is 1. The highest BCUT2D eigenvalue weighted by Gasteiger charge is 2.19. The predicted octanol–water partition coefficient (Wildman–Crippen LogP) is 2.96.